The highest BCUT2D eigenvalue weighted by atomic mass is 16.2. The highest BCUT2D eigenvalue weighted by Gasteiger charge is 2.42. The zero-order valence-electron chi connectivity index (χ0n) is 20.2. The highest BCUT2D eigenvalue weighted by molar-refractivity contribution is 6.21. The Morgan fingerprint density at radius 2 is 1.59 bits per heavy atom. The first-order chi connectivity index (χ1) is 17.8. The van der Waals surface area contributed by atoms with Crippen molar-refractivity contribution in [3.63, 3.8) is 0 Å². The molecule has 0 saturated carbocycles. The molecule has 0 radical (unpaired) electrons. The molecule has 2 aliphatic heterocycles. The van der Waals surface area contributed by atoms with E-state index in [9.17, 15) is 24.0 Å². The van der Waals surface area contributed by atoms with Gasteiger partial charge >= 0.3 is 0 Å². The van der Waals surface area contributed by atoms with Crippen molar-refractivity contribution in [2.45, 2.75) is 38.1 Å². The molecule has 3 aromatic carbocycles. The van der Waals surface area contributed by atoms with E-state index >= 15 is 0 Å². The number of piperidine rings is 1. The van der Waals surface area contributed by atoms with E-state index in [1.807, 2.05) is 6.92 Å². The van der Waals surface area contributed by atoms with E-state index in [0.717, 1.165) is 5.56 Å². The largest absolute Gasteiger partial charge is 0.322 e. The van der Waals surface area contributed by atoms with Crippen molar-refractivity contribution < 1.29 is 24.0 Å². The van der Waals surface area contributed by atoms with Crippen molar-refractivity contribution in [1.29, 1.82) is 0 Å². The molecule has 0 aliphatic carbocycles. The number of benzene rings is 3. The third-order valence-corrected chi connectivity index (χ3v) is 7.17. The number of nitrogens with one attached hydrogen (secondary N) is 2. The predicted octanol–water partition coefficient (Wildman–Crippen LogP) is 3.82. The fraction of sp³-hybridized carbons (Fsp3) is 0.207. The van der Waals surface area contributed by atoms with Crippen molar-refractivity contribution in [1.82, 2.24) is 10.2 Å². The zero-order chi connectivity index (χ0) is 26.2. The quantitative estimate of drug-likeness (QED) is 0.505. The lowest BCUT2D eigenvalue weighted by atomic mass is 9.72. The summed E-state index contributed by atoms with van der Waals surface area (Å²) in [7, 11) is 0. The molecule has 1 fully saturated rings. The molecular weight excluding hydrogens is 470 g/mol. The molecule has 8 heteroatoms. The Hall–Kier alpha value is -4.59. The Morgan fingerprint density at radius 3 is 2.22 bits per heavy atom. The number of hydrogen-bond donors (Lipinski definition) is 2. The number of amides is 5. The van der Waals surface area contributed by atoms with Crippen LogP contribution in [0.1, 0.15) is 68.4 Å². The molecular formula is C29H25N3O5. The number of carbonyl (C=O) groups is 5. The monoisotopic (exact) mass is 495 g/mol. The van der Waals surface area contributed by atoms with Gasteiger partial charge in [0.2, 0.25) is 11.8 Å². The van der Waals surface area contributed by atoms with Gasteiger partial charge < -0.3 is 5.32 Å². The van der Waals surface area contributed by atoms with Crippen molar-refractivity contribution >= 4 is 35.2 Å². The Morgan fingerprint density at radius 1 is 0.919 bits per heavy atom. The maximum atomic E-state index is 12.9. The molecule has 8 nitrogen and oxygen atoms in total. The summed E-state index contributed by atoms with van der Waals surface area (Å²) in [5, 5.41) is 5.29. The van der Waals surface area contributed by atoms with Crippen LogP contribution in [0.4, 0.5) is 5.69 Å². The van der Waals surface area contributed by atoms with E-state index in [1.165, 1.54) is 4.90 Å². The van der Waals surface area contributed by atoms with Gasteiger partial charge in [-0.2, -0.15) is 0 Å². The van der Waals surface area contributed by atoms with Crippen LogP contribution in [0.5, 0.6) is 0 Å². The summed E-state index contributed by atoms with van der Waals surface area (Å²) in [6.45, 7) is 1.98. The van der Waals surface area contributed by atoms with Gasteiger partial charge in [0.25, 0.3) is 17.7 Å². The van der Waals surface area contributed by atoms with E-state index in [4.69, 9.17) is 0 Å². The smallest absolute Gasteiger partial charge is 0.261 e. The van der Waals surface area contributed by atoms with E-state index < -0.39 is 5.41 Å². The van der Waals surface area contributed by atoms with Gasteiger partial charge in [-0.1, -0.05) is 43.3 Å². The van der Waals surface area contributed by atoms with E-state index in [2.05, 4.69) is 10.6 Å². The van der Waals surface area contributed by atoms with Crippen LogP contribution >= 0.6 is 0 Å². The Balaban J connectivity index is 1.28. The molecule has 5 amide bonds. The number of nitrogens with zero attached hydrogens (tertiary/aromatic N) is 1. The molecule has 2 N–H and O–H groups in total. The third kappa shape index (κ3) is 4.31. The summed E-state index contributed by atoms with van der Waals surface area (Å²) in [4.78, 5) is 63.7. The molecule has 5 rings (SSSR count). The summed E-state index contributed by atoms with van der Waals surface area (Å²) >= 11 is 0. The normalized spacial score (nSPS) is 19.0. The van der Waals surface area contributed by atoms with Gasteiger partial charge in [0.1, 0.15) is 0 Å². The predicted molar refractivity (Wildman–Crippen MR) is 136 cm³/mol. The van der Waals surface area contributed by atoms with Crippen LogP contribution < -0.4 is 10.6 Å². The zero-order valence-corrected chi connectivity index (χ0v) is 20.2. The van der Waals surface area contributed by atoms with Crippen LogP contribution in [-0.2, 0) is 21.5 Å². The minimum atomic E-state index is -0.769. The van der Waals surface area contributed by atoms with Gasteiger partial charge in [0.15, 0.2) is 0 Å². The van der Waals surface area contributed by atoms with Gasteiger partial charge in [-0.15, -0.1) is 0 Å². The minimum Gasteiger partial charge on any atom is -0.322 e. The molecule has 0 spiro atoms. The fourth-order valence-corrected chi connectivity index (χ4v) is 5.02. The Kier molecular flexibility index (Phi) is 6.17. The summed E-state index contributed by atoms with van der Waals surface area (Å²) < 4.78 is 0. The summed E-state index contributed by atoms with van der Waals surface area (Å²) in [6, 6.07) is 20.6. The van der Waals surface area contributed by atoms with Gasteiger partial charge in [-0.05, 0) is 60.4 Å². The number of hydrogen-bond acceptors (Lipinski definition) is 5. The standard InChI is InChI=1S/C29H25N3O5/c1-2-29(15-14-24(33)31-28(29)37)20-10-12-21(13-11-20)30-25(34)19-7-5-6-18(16-19)17-32-26(35)22-8-3-4-9-23(22)27(32)36/h3-13,16H,2,14-15,17H2,1H3,(H,30,34)(H,31,33,37). The Labute approximate surface area is 213 Å². The van der Waals surface area contributed by atoms with Crippen LogP contribution in [0.25, 0.3) is 0 Å². The van der Waals surface area contributed by atoms with Crippen LogP contribution in [0.2, 0.25) is 0 Å². The molecule has 3 aromatic rings. The van der Waals surface area contributed by atoms with Crippen LogP contribution in [-0.4, -0.2) is 34.4 Å². The van der Waals surface area contributed by atoms with Crippen LogP contribution in [0, 0.1) is 0 Å². The third-order valence-electron chi connectivity index (χ3n) is 7.17. The number of fused-ring (bicyclic) bond motifs is 1. The summed E-state index contributed by atoms with van der Waals surface area (Å²) in [5.41, 5.74) is 2.38. The second-order valence-electron chi connectivity index (χ2n) is 9.29. The fourth-order valence-electron chi connectivity index (χ4n) is 5.02. The first-order valence-electron chi connectivity index (χ1n) is 12.1. The highest BCUT2D eigenvalue weighted by Crippen LogP contribution is 2.36. The topological polar surface area (TPSA) is 113 Å². The van der Waals surface area contributed by atoms with Crippen molar-refractivity contribution in [3.05, 3.63) is 101 Å². The summed E-state index contributed by atoms with van der Waals surface area (Å²) in [6.07, 6.45) is 1.28. The van der Waals surface area contributed by atoms with Crippen LogP contribution in [0.3, 0.4) is 0 Å². The SMILES string of the molecule is CCC1(c2ccc(NC(=O)c3cccc(CN4C(=O)c5ccccc5C4=O)c3)cc2)CCC(=O)NC1=O. The first kappa shape index (κ1) is 24.1. The number of imide groups is 2. The average Bonchev–Trinajstić information content (AvgIpc) is 3.15. The number of rotatable bonds is 6. The molecule has 2 aliphatic rings. The lowest BCUT2D eigenvalue weighted by molar-refractivity contribution is -0.138. The van der Waals surface area contributed by atoms with Crippen LogP contribution in [0.15, 0.2) is 72.8 Å². The minimum absolute atomic E-state index is 0.0613. The lowest BCUT2D eigenvalue weighted by Gasteiger charge is -2.35. The average molecular weight is 496 g/mol. The first-order valence-corrected chi connectivity index (χ1v) is 12.1. The van der Waals surface area contributed by atoms with Crippen molar-refractivity contribution in [3.8, 4) is 0 Å². The Bertz CT molecular complexity index is 1410. The van der Waals surface area contributed by atoms with Crippen molar-refractivity contribution in [2.75, 3.05) is 5.32 Å². The van der Waals surface area contributed by atoms with Gasteiger partial charge in [0, 0.05) is 17.7 Å². The molecule has 37 heavy (non-hydrogen) atoms. The molecule has 1 unspecified atom stereocenters. The van der Waals surface area contributed by atoms with Gasteiger partial charge in [-0.3, -0.25) is 34.2 Å². The maximum Gasteiger partial charge on any atom is 0.261 e. The second-order valence-corrected chi connectivity index (χ2v) is 9.29. The molecule has 1 atom stereocenters. The van der Waals surface area contributed by atoms with Gasteiger partial charge in [-0.25, -0.2) is 0 Å². The molecule has 0 bridgehead atoms. The molecule has 2 heterocycles. The number of carbonyl (C=O) groups excluding carboxylic acids is 5. The maximum absolute atomic E-state index is 12.9. The molecule has 186 valence electrons. The number of anilines is 1. The van der Waals surface area contributed by atoms with E-state index in [-0.39, 0.29) is 42.5 Å². The lowest BCUT2D eigenvalue weighted by Crippen LogP contribution is -2.51. The second kappa shape index (κ2) is 9.46. The summed E-state index contributed by atoms with van der Waals surface area (Å²) in [5.74, 6) is -1.60. The van der Waals surface area contributed by atoms with Crippen molar-refractivity contribution in [2.24, 2.45) is 0 Å². The van der Waals surface area contributed by atoms with E-state index in [0.29, 0.717) is 40.8 Å². The van der Waals surface area contributed by atoms with Gasteiger partial charge in [0.05, 0.1) is 23.1 Å². The molecule has 1 saturated heterocycles. The van der Waals surface area contributed by atoms with E-state index in [1.54, 1.807) is 72.8 Å². The molecule has 0 aromatic heterocycles.